The summed E-state index contributed by atoms with van der Waals surface area (Å²) in [4.78, 5) is 0. The van der Waals surface area contributed by atoms with E-state index in [9.17, 15) is 0 Å². The zero-order valence-corrected chi connectivity index (χ0v) is 12.1. The van der Waals surface area contributed by atoms with Gasteiger partial charge in [0.25, 0.3) is 0 Å². The highest BCUT2D eigenvalue weighted by atomic mass is 127. The Morgan fingerprint density at radius 1 is 1.27 bits per heavy atom. The number of alkyl halides is 1. The van der Waals surface area contributed by atoms with Gasteiger partial charge in [0.1, 0.15) is 0 Å². The highest BCUT2D eigenvalue weighted by Gasteiger charge is 2.45. The average molecular weight is 322 g/mol. The molecule has 15 heavy (non-hydrogen) atoms. The lowest BCUT2D eigenvalue weighted by Gasteiger charge is -2.41. The fraction of sp³-hybridized carbons (Fsp3) is 1.00. The third kappa shape index (κ3) is 2.36. The first-order valence-corrected chi connectivity index (χ1v) is 7.88. The smallest absolute Gasteiger partial charge is 0.0721 e. The second-order valence-electron chi connectivity index (χ2n) is 5.71. The zero-order valence-electron chi connectivity index (χ0n) is 9.97. The SMILES string of the molecule is CC(C)C1CCC2(CCOC2CI)CC1. The molecule has 1 saturated heterocycles. The fourth-order valence-electron chi connectivity index (χ4n) is 3.40. The minimum Gasteiger partial charge on any atom is -0.377 e. The van der Waals surface area contributed by atoms with Crippen LogP contribution < -0.4 is 0 Å². The number of rotatable bonds is 2. The number of hydrogen-bond donors (Lipinski definition) is 0. The molecule has 0 bridgehead atoms. The Morgan fingerprint density at radius 2 is 1.93 bits per heavy atom. The van der Waals surface area contributed by atoms with E-state index in [0.29, 0.717) is 11.5 Å². The quantitative estimate of drug-likeness (QED) is 0.551. The predicted octanol–water partition coefficient (Wildman–Crippen LogP) is 4.04. The fourth-order valence-corrected chi connectivity index (χ4v) is 4.59. The van der Waals surface area contributed by atoms with Crippen LogP contribution in [0.2, 0.25) is 0 Å². The summed E-state index contributed by atoms with van der Waals surface area (Å²) in [6.45, 7) is 5.77. The Hall–Kier alpha value is 0.690. The molecule has 1 aliphatic heterocycles. The molecule has 88 valence electrons. The third-order valence-electron chi connectivity index (χ3n) is 4.71. The van der Waals surface area contributed by atoms with Gasteiger partial charge in [0.2, 0.25) is 0 Å². The lowest BCUT2D eigenvalue weighted by Crippen LogP contribution is -2.37. The first kappa shape index (κ1) is 12.2. The van der Waals surface area contributed by atoms with E-state index in [1.165, 1.54) is 36.5 Å². The van der Waals surface area contributed by atoms with Crippen molar-refractivity contribution in [2.45, 2.75) is 52.1 Å². The molecule has 0 aromatic carbocycles. The lowest BCUT2D eigenvalue weighted by molar-refractivity contribution is 0.0317. The van der Waals surface area contributed by atoms with Crippen LogP contribution in [0.3, 0.4) is 0 Å². The van der Waals surface area contributed by atoms with E-state index in [2.05, 4.69) is 36.4 Å². The van der Waals surface area contributed by atoms with Crippen LogP contribution in [0.5, 0.6) is 0 Å². The summed E-state index contributed by atoms with van der Waals surface area (Å²) in [5.74, 6) is 1.86. The van der Waals surface area contributed by atoms with Crippen LogP contribution in [0.1, 0.15) is 46.0 Å². The molecule has 1 unspecified atom stereocenters. The van der Waals surface area contributed by atoms with E-state index in [1.54, 1.807) is 0 Å². The summed E-state index contributed by atoms with van der Waals surface area (Å²) in [5.41, 5.74) is 0.576. The molecule has 1 heterocycles. The van der Waals surface area contributed by atoms with Gasteiger partial charge in [-0.05, 0) is 49.4 Å². The molecule has 0 amide bonds. The topological polar surface area (TPSA) is 9.23 Å². The minimum absolute atomic E-state index is 0.561. The number of halogens is 1. The van der Waals surface area contributed by atoms with E-state index in [1.807, 2.05) is 0 Å². The van der Waals surface area contributed by atoms with Crippen molar-refractivity contribution in [1.29, 1.82) is 0 Å². The van der Waals surface area contributed by atoms with Crippen molar-refractivity contribution in [3.63, 3.8) is 0 Å². The van der Waals surface area contributed by atoms with Gasteiger partial charge < -0.3 is 4.74 Å². The van der Waals surface area contributed by atoms with Gasteiger partial charge in [-0.2, -0.15) is 0 Å². The van der Waals surface area contributed by atoms with Gasteiger partial charge in [0.05, 0.1) is 6.10 Å². The van der Waals surface area contributed by atoms with Crippen LogP contribution in [-0.4, -0.2) is 17.1 Å². The highest BCUT2D eigenvalue weighted by molar-refractivity contribution is 14.1. The summed E-state index contributed by atoms with van der Waals surface area (Å²) in [6, 6.07) is 0. The van der Waals surface area contributed by atoms with Crippen LogP contribution >= 0.6 is 22.6 Å². The summed E-state index contributed by atoms with van der Waals surface area (Å²) in [7, 11) is 0. The van der Waals surface area contributed by atoms with Crippen LogP contribution in [0.25, 0.3) is 0 Å². The first-order chi connectivity index (χ1) is 7.18. The monoisotopic (exact) mass is 322 g/mol. The molecule has 1 spiro atoms. The van der Waals surface area contributed by atoms with E-state index in [0.717, 1.165) is 18.4 Å². The third-order valence-corrected chi connectivity index (χ3v) is 5.51. The van der Waals surface area contributed by atoms with E-state index in [4.69, 9.17) is 4.74 Å². The van der Waals surface area contributed by atoms with E-state index < -0.39 is 0 Å². The maximum Gasteiger partial charge on any atom is 0.0721 e. The summed E-state index contributed by atoms with van der Waals surface area (Å²) >= 11 is 2.50. The second-order valence-corrected chi connectivity index (χ2v) is 6.59. The van der Waals surface area contributed by atoms with Crippen molar-refractivity contribution in [3.05, 3.63) is 0 Å². The maximum atomic E-state index is 5.88. The summed E-state index contributed by atoms with van der Waals surface area (Å²) in [6.07, 6.45) is 7.60. The zero-order chi connectivity index (χ0) is 10.9. The highest BCUT2D eigenvalue weighted by Crippen LogP contribution is 2.50. The largest absolute Gasteiger partial charge is 0.377 e. The molecule has 0 N–H and O–H groups in total. The summed E-state index contributed by atoms with van der Waals surface area (Å²) in [5, 5.41) is 0. The van der Waals surface area contributed by atoms with Crippen molar-refractivity contribution < 1.29 is 4.74 Å². The number of hydrogen-bond acceptors (Lipinski definition) is 1. The van der Waals surface area contributed by atoms with Gasteiger partial charge in [0.15, 0.2) is 0 Å². The molecule has 0 aromatic heterocycles. The summed E-state index contributed by atoms with van der Waals surface area (Å²) < 4.78 is 7.07. The van der Waals surface area contributed by atoms with Crippen LogP contribution in [0.4, 0.5) is 0 Å². The van der Waals surface area contributed by atoms with Gasteiger partial charge in [-0.3, -0.25) is 0 Å². The lowest BCUT2D eigenvalue weighted by atomic mass is 9.65. The first-order valence-electron chi connectivity index (χ1n) is 6.35. The van der Waals surface area contributed by atoms with Crippen molar-refractivity contribution in [2.24, 2.45) is 17.3 Å². The Labute approximate surface area is 107 Å². The molecule has 0 radical (unpaired) electrons. The number of ether oxygens (including phenoxy) is 1. The molecule has 1 atom stereocenters. The van der Waals surface area contributed by atoms with Crippen molar-refractivity contribution >= 4 is 22.6 Å². The second kappa shape index (κ2) is 4.91. The maximum absolute atomic E-state index is 5.88. The molecular weight excluding hydrogens is 299 g/mol. The standard InChI is InChI=1S/C13H23IO/c1-10(2)11-3-5-13(6-4-11)7-8-15-12(13)9-14/h10-12H,3-9H2,1-2H3. The Morgan fingerprint density at radius 3 is 2.47 bits per heavy atom. The van der Waals surface area contributed by atoms with Gasteiger partial charge in [0, 0.05) is 11.0 Å². The van der Waals surface area contributed by atoms with Crippen LogP contribution in [0, 0.1) is 17.3 Å². The Balaban J connectivity index is 1.96. The molecule has 1 nitrogen and oxygen atoms in total. The van der Waals surface area contributed by atoms with Gasteiger partial charge in [-0.25, -0.2) is 0 Å². The van der Waals surface area contributed by atoms with E-state index >= 15 is 0 Å². The van der Waals surface area contributed by atoms with E-state index in [-0.39, 0.29) is 0 Å². The molecule has 0 aromatic rings. The molecule has 2 heteroatoms. The van der Waals surface area contributed by atoms with Crippen molar-refractivity contribution in [2.75, 3.05) is 11.0 Å². The normalized spacial score (nSPS) is 41.6. The molecule has 2 rings (SSSR count). The molecule has 1 aliphatic carbocycles. The van der Waals surface area contributed by atoms with Crippen molar-refractivity contribution in [1.82, 2.24) is 0 Å². The molecule has 2 aliphatic rings. The van der Waals surface area contributed by atoms with Crippen LogP contribution in [-0.2, 0) is 4.74 Å². The molecule has 2 fully saturated rings. The Bertz CT molecular complexity index is 207. The molecular formula is C13H23IO. The Kier molecular flexibility index (Phi) is 3.98. The van der Waals surface area contributed by atoms with Crippen LogP contribution in [0.15, 0.2) is 0 Å². The van der Waals surface area contributed by atoms with Gasteiger partial charge >= 0.3 is 0 Å². The van der Waals surface area contributed by atoms with Gasteiger partial charge in [-0.1, -0.05) is 36.4 Å². The minimum atomic E-state index is 0.561. The average Bonchev–Trinajstić information content (AvgIpc) is 2.61. The van der Waals surface area contributed by atoms with Gasteiger partial charge in [-0.15, -0.1) is 0 Å². The van der Waals surface area contributed by atoms with Crippen molar-refractivity contribution in [3.8, 4) is 0 Å². The molecule has 1 saturated carbocycles. The predicted molar refractivity (Wildman–Crippen MR) is 72.5 cm³/mol.